The van der Waals surface area contributed by atoms with E-state index in [-0.39, 0.29) is 24.4 Å². The molecule has 1 amide bonds. The summed E-state index contributed by atoms with van der Waals surface area (Å²) in [6.45, 7) is 8.49. The van der Waals surface area contributed by atoms with E-state index in [1.807, 2.05) is 19.1 Å². The molecule has 8 nitrogen and oxygen atoms in total. The number of nitrogens with two attached hydrogens (primary N) is 1. The number of hydrogen-bond acceptors (Lipinski definition) is 6. The molecule has 0 aliphatic carbocycles. The minimum absolute atomic E-state index is 0.0366. The van der Waals surface area contributed by atoms with Gasteiger partial charge in [-0.2, -0.15) is 10.1 Å². The molecule has 2 aromatic heterocycles. The fourth-order valence-corrected chi connectivity index (χ4v) is 2.62. The number of aromatic nitrogens is 4. The smallest absolute Gasteiger partial charge is 0.246 e. The average molecular weight is 368 g/mol. The molecule has 0 bridgehead atoms. The van der Waals surface area contributed by atoms with Gasteiger partial charge in [0, 0.05) is 11.6 Å². The lowest BCUT2D eigenvalue weighted by Crippen LogP contribution is -2.28. The third kappa shape index (κ3) is 4.52. The number of amides is 1. The minimum atomic E-state index is -0.237. The van der Waals surface area contributed by atoms with Crippen LogP contribution in [0.1, 0.15) is 37.9 Å². The number of nitrogens with one attached hydrogen (secondary N) is 1. The molecule has 8 heteroatoms. The second kappa shape index (κ2) is 7.22. The number of nitrogen functional groups attached to an aromatic ring is 1. The Bertz CT molecular complexity index is 934. The average Bonchev–Trinajstić information content (AvgIpc) is 3.19. The molecule has 1 aromatic carbocycles. The van der Waals surface area contributed by atoms with Crippen molar-refractivity contribution in [2.75, 3.05) is 5.73 Å². The SMILES string of the molecule is Cc1cc(N)n(CC(=O)NCc2nc(-c3ccc(C(C)(C)C)cc3)no2)n1. The van der Waals surface area contributed by atoms with Gasteiger partial charge in [-0.25, -0.2) is 4.68 Å². The van der Waals surface area contributed by atoms with Crippen LogP contribution in [0.25, 0.3) is 11.4 Å². The zero-order valence-electron chi connectivity index (χ0n) is 16.0. The molecule has 3 N–H and O–H groups in total. The summed E-state index contributed by atoms with van der Waals surface area (Å²) in [5.41, 5.74) is 8.73. The summed E-state index contributed by atoms with van der Waals surface area (Å²) in [7, 11) is 0. The molecule has 0 atom stereocenters. The minimum Gasteiger partial charge on any atom is -0.384 e. The van der Waals surface area contributed by atoms with E-state index in [4.69, 9.17) is 10.3 Å². The topological polar surface area (TPSA) is 112 Å². The van der Waals surface area contributed by atoms with Crippen LogP contribution in [0.5, 0.6) is 0 Å². The summed E-state index contributed by atoms with van der Waals surface area (Å²) < 4.78 is 6.67. The zero-order chi connectivity index (χ0) is 19.6. The highest BCUT2D eigenvalue weighted by Gasteiger charge is 2.15. The van der Waals surface area contributed by atoms with Gasteiger partial charge in [-0.3, -0.25) is 4.79 Å². The first kappa shape index (κ1) is 18.6. The monoisotopic (exact) mass is 368 g/mol. The predicted molar refractivity (Wildman–Crippen MR) is 102 cm³/mol. The van der Waals surface area contributed by atoms with Crippen molar-refractivity contribution in [2.24, 2.45) is 0 Å². The summed E-state index contributed by atoms with van der Waals surface area (Å²) >= 11 is 0. The van der Waals surface area contributed by atoms with Crippen LogP contribution in [0.3, 0.4) is 0 Å². The number of carbonyl (C=O) groups excluding carboxylic acids is 1. The van der Waals surface area contributed by atoms with Crippen LogP contribution >= 0.6 is 0 Å². The van der Waals surface area contributed by atoms with Crippen LogP contribution < -0.4 is 11.1 Å². The Balaban J connectivity index is 1.59. The zero-order valence-corrected chi connectivity index (χ0v) is 16.0. The van der Waals surface area contributed by atoms with Crippen molar-refractivity contribution in [3.63, 3.8) is 0 Å². The molecule has 27 heavy (non-hydrogen) atoms. The van der Waals surface area contributed by atoms with Crippen LogP contribution in [0, 0.1) is 6.92 Å². The Hall–Kier alpha value is -3.16. The molecule has 3 rings (SSSR count). The highest BCUT2D eigenvalue weighted by atomic mass is 16.5. The van der Waals surface area contributed by atoms with Crippen molar-refractivity contribution in [1.29, 1.82) is 0 Å². The Kier molecular flexibility index (Phi) is 4.98. The molecule has 0 unspecified atom stereocenters. The first-order valence-electron chi connectivity index (χ1n) is 8.72. The Morgan fingerprint density at radius 1 is 1.26 bits per heavy atom. The Morgan fingerprint density at radius 2 is 1.96 bits per heavy atom. The first-order valence-corrected chi connectivity index (χ1v) is 8.72. The van der Waals surface area contributed by atoms with Gasteiger partial charge in [0.25, 0.3) is 0 Å². The molecule has 0 saturated heterocycles. The van der Waals surface area contributed by atoms with Gasteiger partial charge in [-0.15, -0.1) is 0 Å². The van der Waals surface area contributed by atoms with Crippen molar-refractivity contribution in [2.45, 2.75) is 46.2 Å². The van der Waals surface area contributed by atoms with Gasteiger partial charge < -0.3 is 15.6 Å². The molecule has 142 valence electrons. The quantitative estimate of drug-likeness (QED) is 0.715. The molecule has 0 radical (unpaired) electrons. The molecular weight excluding hydrogens is 344 g/mol. The van der Waals surface area contributed by atoms with Gasteiger partial charge in [0.2, 0.25) is 17.6 Å². The third-order valence-corrected chi connectivity index (χ3v) is 4.14. The molecule has 0 fully saturated rings. The molecule has 0 saturated carbocycles. The highest BCUT2D eigenvalue weighted by molar-refractivity contribution is 5.75. The van der Waals surface area contributed by atoms with Gasteiger partial charge in [-0.05, 0) is 17.9 Å². The number of benzene rings is 1. The second-order valence-corrected chi connectivity index (χ2v) is 7.48. The number of rotatable bonds is 5. The number of hydrogen-bond donors (Lipinski definition) is 2. The lowest BCUT2D eigenvalue weighted by atomic mass is 9.87. The number of aryl methyl sites for hydroxylation is 1. The number of nitrogens with zero attached hydrogens (tertiary/aromatic N) is 4. The maximum atomic E-state index is 12.0. The van der Waals surface area contributed by atoms with E-state index >= 15 is 0 Å². The van der Waals surface area contributed by atoms with E-state index in [1.54, 1.807) is 6.07 Å². The largest absolute Gasteiger partial charge is 0.384 e. The van der Waals surface area contributed by atoms with Gasteiger partial charge in [0.1, 0.15) is 12.4 Å². The highest BCUT2D eigenvalue weighted by Crippen LogP contribution is 2.24. The number of anilines is 1. The molecule has 0 aliphatic rings. The second-order valence-electron chi connectivity index (χ2n) is 7.48. The molecular formula is C19H24N6O2. The summed E-state index contributed by atoms with van der Waals surface area (Å²) in [5, 5.41) is 10.9. The molecule has 0 spiro atoms. The van der Waals surface area contributed by atoms with Crippen LogP contribution in [0.15, 0.2) is 34.9 Å². The summed E-state index contributed by atoms with van der Waals surface area (Å²) in [4.78, 5) is 16.4. The van der Waals surface area contributed by atoms with Crippen LogP contribution in [0.2, 0.25) is 0 Å². The lowest BCUT2D eigenvalue weighted by Gasteiger charge is -2.18. The summed E-state index contributed by atoms with van der Waals surface area (Å²) in [5.74, 6) is 1.04. The standard InChI is InChI=1S/C19H24N6O2/c1-12-9-15(20)25(23-12)11-16(26)21-10-17-22-18(24-27-17)13-5-7-14(8-6-13)19(2,3)4/h5-9H,10-11,20H2,1-4H3,(H,21,26). The van der Waals surface area contributed by atoms with Gasteiger partial charge >= 0.3 is 0 Å². The van der Waals surface area contributed by atoms with Crippen molar-refractivity contribution < 1.29 is 9.32 Å². The van der Waals surface area contributed by atoms with E-state index in [9.17, 15) is 4.79 Å². The van der Waals surface area contributed by atoms with Gasteiger partial charge in [0.05, 0.1) is 12.2 Å². The van der Waals surface area contributed by atoms with Crippen molar-refractivity contribution in [3.05, 3.63) is 47.5 Å². The maximum absolute atomic E-state index is 12.0. The molecule has 2 heterocycles. The van der Waals surface area contributed by atoms with E-state index in [0.29, 0.717) is 17.5 Å². The summed E-state index contributed by atoms with van der Waals surface area (Å²) in [6, 6.07) is 9.77. The fraction of sp³-hybridized carbons (Fsp3) is 0.368. The van der Waals surface area contributed by atoms with Crippen molar-refractivity contribution in [1.82, 2.24) is 25.2 Å². The lowest BCUT2D eigenvalue weighted by molar-refractivity contribution is -0.122. The Morgan fingerprint density at radius 3 is 2.56 bits per heavy atom. The summed E-state index contributed by atoms with van der Waals surface area (Å²) in [6.07, 6.45) is 0. The van der Waals surface area contributed by atoms with Gasteiger partial charge in [-0.1, -0.05) is 50.2 Å². The van der Waals surface area contributed by atoms with Crippen molar-refractivity contribution >= 4 is 11.7 Å². The number of carbonyl (C=O) groups is 1. The first-order chi connectivity index (χ1) is 12.7. The van der Waals surface area contributed by atoms with Crippen LogP contribution in [-0.2, 0) is 23.3 Å². The van der Waals surface area contributed by atoms with Crippen molar-refractivity contribution in [3.8, 4) is 11.4 Å². The fourth-order valence-electron chi connectivity index (χ4n) is 2.62. The maximum Gasteiger partial charge on any atom is 0.246 e. The molecule has 0 aliphatic heterocycles. The van der Waals surface area contributed by atoms with Crippen LogP contribution in [-0.4, -0.2) is 25.8 Å². The molecule has 3 aromatic rings. The van der Waals surface area contributed by atoms with E-state index in [1.165, 1.54) is 10.2 Å². The Labute approximate surface area is 157 Å². The van der Waals surface area contributed by atoms with E-state index < -0.39 is 0 Å². The van der Waals surface area contributed by atoms with Gasteiger partial charge in [0.15, 0.2) is 0 Å². The van der Waals surface area contributed by atoms with E-state index in [0.717, 1.165) is 11.3 Å². The van der Waals surface area contributed by atoms with Crippen LogP contribution in [0.4, 0.5) is 5.82 Å². The predicted octanol–water partition coefficient (Wildman–Crippen LogP) is 2.44. The normalized spacial score (nSPS) is 11.6. The third-order valence-electron chi connectivity index (χ3n) is 4.14. The van der Waals surface area contributed by atoms with E-state index in [2.05, 4.69) is 53.5 Å².